The summed E-state index contributed by atoms with van der Waals surface area (Å²) in [6.07, 6.45) is 0. The number of nitrogens with two attached hydrogens (primary N) is 1. The van der Waals surface area contributed by atoms with Gasteiger partial charge in [-0.25, -0.2) is 4.39 Å². The lowest BCUT2D eigenvalue weighted by Crippen LogP contribution is -2.05. The Morgan fingerprint density at radius 2 is 1.71 bits per heavy atom. The lowest BCUT2D eigenvalue weighted by atomic mass is 10.0. The molecule has 0 aliphatic rings. The number of rotatable bonds is 2. The van der Waals surface area contributed by atoms with Gasteiger partial charge in [0, 0.05) is 16.8 Å². The summed E-state index contributed by atoms with van der Waals surface area (Å²) in [4.78, 5) is 12.0. The first-order valence-corrected chi connectivity index (χ1v) is 4.83. The van der Waals surface area contributed by atoms with Crippen molar-refractivity contribution in [2.75, 3.05) is 5.73 Å². The molecule has 2 aromatic carbocycles. The van der Waals surface area contributed by atoms with E-state index in [9.17, 15) is 9.18 Å². The van der Waals surface area contributed by atoms with E-state index in [0.717, 1.165) is 6.07 Å². The Balaban J connectivity index is 0.00000144. The van der Waals surface area contributed by atoms with E-state index in [0.29, 0.717) is 11.1 Å². The van der Waals surface area contributed by atoms with Gasteiger partial charge in [-0.15, -0.1) is 0 Å². The molecule has 0 saturated heterocycles. The molecule has 2 rings (SSSR count). The molecule has 0 fully saturated rings. The third kappa shape index (κ3) is 2.69. The quantitative estimate of drug-likeness (QED) is 0.636. The molecule has 0 aliphatic carbocycles. The monoisotopic (exact) mass is 231 g/mol. The van der Waals surface area contributed by atoms with Gasteiger partial charge in [0.25, 0.3) is 0 Å². The zero-order valence-corrected chi connectivity index (χ0v) is 8.48. The number of hydrogen-bond donors (Lipinski definition) is 1. The van der Waals surface area contributed by atoms with Gasteiger partial charge in [-0.1, -0.05) is 37.8 Å². The number of benzene rings is 2. The molecular weight excluding hydrogens is 217 g/mol. The second-order valence-corrected chi connectivity index (χ2v) is 3.43. The normalized spacial score (nSPS) is 9.47. The summed E-state index contributed by atoms with van der Waals surface area (Å²) in [5.74, 6) is -0.639. The van der Waals surface area contributed by atoms with Gasteiger partial charge in [0.15, 0.2) is 5.78 Å². The molecular formula is C14H14FNO. The Bertz CT molecular complexity index is 523. The number of carbonyl (C=O) groups excluding carboxylic acids is 1. The van der Waals surface area contributed by atoms with Crippen molar-refractivity contribution >= 4 is 11.5 Å². The number of nitrogen functional groups attached to an aromatic ring is 1. The van der Waals surface area contributed by atoms with E-state index < -0.39 is 5.82 Å². The van der Waals surface area contributed by atoms with Gasteiger partial charge in [-0.3, -0.25) is 4.79 Å². The predicted octanol–water partition coefficient (Wildman–Crippen LogP) is 3.28. The average molecular weight is 231 g/mol. The summed E-state index contributed by atoms with van der Waals surface area (Å²) >= 11 is 0. The van der Waals surface area contributed by atoms with Crippen LogP contribution in [0.1, 0.15) is 23.3 Å². The number of ketones is 1. The highest BCUT2D eigenvalue weighted by Gasteiger charge is 2.11. The summed E-state index contributed by atoms with van der Waals surface area (Å²) in [5, 5.41) is 0. The van der Waals surface area contributed by atoms with E-state index in [1.807, 2.05) is 6.07 Å². The summed E-state index contributed by atoms with van der Waals surface area (Å²) in [7, 11) is 0. The first-order valence-electron chi connectivity index (χ1n) is 4.83. The minimum absolute atomic E-state index is 0. The highest BCUT2D eigenvalue weighted by atomic mass is 19.1. The molecule has 0 aromatic heterocycles. The Morgan fingerprint density at radius 1 is 1.06 bits per heavy atom. The molecule has 0 spiro atoms. The van der Waals surface area contributed by atoms with E-state index in [2.05, 4.69) is 0 Å². The van der Waals surface area contributed by atoms with Gasteiger partial charge in [0.1, 0.15) is 5.82 Å². The first kappa shape index (κ1) is 12.9. The van der Waals surface area contributed by atoms with Crippen LogP contribution >= 0.6 is 0 Å². The van der Waals surface area contributed by atoms with Crippen LogP contribution in [0.2, 0.25) is 0 Å². The molecule has 17 heavy (non-hydrogen) atoms. The van der Waals surface area contributed by atoms with Crippen LogP contribution in [0.5, 0.6) is 0 Å². The van der Waals surface area contributed by atoms with E-state index in [1.54, 1.807) is 24.3 Å². The molecule has 0 amide bonds. The van der Waals surface area contributed by atoms with Gasteiger partial charge < -0.3 is 5.73 Å². The fraction of sp³-hybridized carbons (Fsp3) is 0.0714. The van der Waals surface area contributed by atoms with Crippen molar-refractivity contribution in [3.8, 4) is 0 Å². The van der Waals surface area contributed by atoms with Gasteiger partial charge >= 0.3 is 0 Å². The van der Waals surface area contributed by atoms with Crippen LogP contribution in [-0.2, 0) is 0 Å². The van der Waals surface area contributed by atoms with E-state index >= 15 is 0 Å². The molecule has 3 heteroatoms. The fourth-order valence-electron chi connectivity index (χ4n) is 1.49. The maximum atomic E-state index is 12.8. The largest absolute Gasteiger partial charge is 0.398 e. The highest BCUT2D eigenvalue weighted by molar-refractivity contribution is 6.11. The van der Waals surface area contributed by atoms with Crippen molar-refractivity contribution in [3.63, 3.8) is 0 Å². The third-order valence-electron chi connectivity index (χ3n) is 2.29. The molecule has 2 nitrogen and oxygen atoms in total. The Labute approximate surface area is 99.9 Å². The van der Waals surface area contributed by atoms with E-state index in [-0.39, 0.29) is 18.9 Å². The Hall–Kier alpha value is -2.16. The zero-order chi connectivity index (χ0) is 11.5. The van der Waals surface area contributed by atoms with Crippen molar-refractivity contribution < 1.29 is 9.18 Å². The van der Waals surface area contributed by atoms with Crippen LogP contribution in [0.25, 0.3) is 0 Å². The molecule has 0 saturated carbocycles. The second-order valence-electron chi connectivity index (χ2n) is 3.43. The number of carbonyl (C=O) groups is 1. The summed E-state index contributed by atoms with van der Waals surface area (Å²) in [6.45, 7) is 0. The Kier molecular flexibility index (Phi) is 3.99. The summed E-state index contributed by atoms with van der Waals surface area (Å²) in [5.41, 5.74) is 6.63. The fourth-order valence-corrected chi connectivity index (χ4v) is 1.49. The SMILES string of the molecule is C.Nc1cc(F)ccc1C(=O)c1ccccc1. The molecule has 88 valence electrons. The van der Waals surface area contributed by atoms with Crippen LogP contribution in [0, 0.1) is 5.82 Å². The van der Waals surface area contributed by atoms with Gasteiger partial charge in [0.05, 0.1) is 0 Å². The second kappa shape index (κ2) is 5.25. The number of hydrogen-bond acceptors (Lipinski definition) is 2. The molecule has 2 N–H and O–H groups in total. The van der Waals surface area contributed by atoms with Crippen molar-refractivity contribution in [1.29, 1.82) is 0 Å². The zero-order valence-electron chi connectivity index (χ0n) is 8.48. The summed E-state index contributed by atoms with van der Waals surface area (Å²) in [6, 6.07) is 12.5. The lowest BCUT2D eigenvalue weighted by Gasteiger charge is -2.04. The third-order valence-corrected chi connectivity index (χ3v) is 2.29. The molecule has 0 atom stereocenters. The van der Waals surface area contributed by atoms with Crippen molar-refractivity contribution in [2.24, 2.45) is 0 Å². The standard InChI is InChI=1S/C13H10FNO.CH4/c14-10-6-7-11(12(15)8-10)13(16)9-4-2-1-3-5-9;/h1-8H,15H2;1H4. The minimum Gasteiger partial charge on any atom is -0.398 e. The smallest absolute Gasteiger partial charge is 0.195 e. The molecule has 0 bridgehead atoms. The van der Waals surface area contributed by atoms with Crippen LogP contribution in [0.15, 0.2) is 48.5 Å². The van der Waals surface area contributed by atoms with Crippen LogP contribution < -0.4 is 5.73 Å². The predicted molar refractivity (Wildman–Crippen MR) is 67.4 cm³/mol. The molecule has 0 aliphatic heterocycles. The van der Waals surface area contributed by atoms with Gasteiger partial charge in [-0.05, 0) is 18.2 Å². The van der Waals surface area contributed by atoms with Crippen LogP contribution in [0.4, 0.5) is 10.1 Å². The topological polar surface area (TPSA) is 43.1 Å². The molecule has 0 unspecified atom stereocenters. The minimum atomic E-state index is -0.442. The number of halogens is 1. The highest BCUT2D eigenvalue weighted by Crippen LogP contribution is 2.17. The van der Waals surface area contributed by atoms with E-state index in [1.165, 1.54) is 12.1 Å². The summed E-state index contributed by atoms with van der Waals surface area (Å²) < 4.78 is 12.8. The molecule has 0 radical (unpaired) electrons. The van der Waals surface area contributed by atoms with E-state index in [4.69, 9.17) is 5.73 Å². The maximum Gasteiger partial charge on any atom is 0.195 e. The molecule has 2 aromatic rings. The lowest BCUT2D eigenvalue weighted by molar-refractivity contribution is 0.103. The maximum absolute atomic E-state index is 12.8. The number of anilines is 1. The Morgan fingerprint density at radius 3 is 2.29 bits per heavy atom. The first-order chi connectivity index (χ1) is 7.68. The van der Waals surface area contributed by atoms with Crippen LogP contribution in [-0.4, -0.2) is 5.78 Å². The van der Waals surface area contributed by atoms with Crippen molar-refractivity contribution in [3.05, 3.63) is 65.5 Å². The van der Waals surface area contributed by atoms with Crippen molar-refractivity contribution in [1.82, 2.24) is 0 Å². The van der Waals surface area contributed by atoms with Crippen LogP contribution in [0.3, 0.4) is 0 Å². The van der Waals surface area contributed by atoms with Crippen molar-refractivity contribution in [2.45, 2.75) is 7.43 Å². The van der Waals surface area contributed by atoms with Gasteiger partial charge in [0.2, 0.25) is 0 Å². The molecule has 0 heterocycles. The average Bonchev–Trinajstić information content (AvgIpc) is 2.29. The van der Waals surface area contributed by atoms with Gasteiger partial charge in [-0.2, -0.15) is 0 Å².